The number of hydrogen-bond donors (Lipinski definition) is 1. The Hall–Kier alpha value is -0.820. The fourth-order valence-corrected chi connectivity index (χ4v) is 4.26. The molecule has 0 aliphatic heterocycles. The molecule has 0 bridgehead atoms. The minimum atomic E-state index is -0.117. The summed E-state index contributed by atoms with van der Waals surface area (Å²) in [5.41, 5.74) is 3.29. The lowest BCUT2D eigenvalue weighted by Gasteiger charge is -2.43. The van der Waals surface area contributed by atoms with Crippen molar-refractivity contribution in [3.05, 3.63) is 35.4 Å². The fourth-order valence-electron chi connectivity index (χ4n) is 4.26. The molecule has 0 saturated heterocycles. The van der Waals surface area contributed by atoms with Crippen molar-refractivity contribution in [3.63, 3.8) is 0 Å². The molecule has 1 nitrogen and oxygen atoms in total. The first kappa shape index (κ1) is 13.2. The molecule has 1 N–H and O–H groups in total. The van der Waals surface area contributed by atoms with Crippen LogP contribution in [0.1, 0.15) is 63.0 Å². The summed E-state index contributed by atoms with van der Waals surface area (Å²) in [4.78, 5) is 0. The number of aliphatic hydroxyl groups is 1. The molecule has 0 spiro atoms. The van der Waals surface area contributed by atoms with Gasteiger partial charge in [0.15, 0.2) is 0 Å². The molecule has 0 amide bonds. The quantitative estimate of drug-likeness (QED) is 0.857. The van der Waals surface area contributed by atoms with Gasteiger partial charge >= 0.3 is 0 Å². The van der Waals surface area contributed by atoms with Crippen molar-refractivity contribution < 1.29 is 5.11 Å². The molecule has 0 radical (unpaired) electrons. The molecule has 0 aromatic heterocycles. The molecule has 2 aliphatic carbocycles. The Balaban J connectivity index is 1.65. The Morgan fingerprint density at radius 2 is 2.05 bits per heavy atom. The predicted molar refractivity (Wildman–Crippen MR) is 79.2 cm³/mol. The van der Waals surface area contributed by atoms with Gasteiger partial charge in [-0.25, -0.2) is 0 Å². The van der Waals surface area contributed by atoms with Crippen LogP contribution in [0, 0.1) is 11.3 Å². The minimum absolute atomic E-state index is 0.117. The second kappa shape index (κ2) is 4.94. The van der Waals surface area contributed by atoms with Crippen LogP contribution in [0.25, 0.3) is 0 Å². The summed E-state index contributed by atoms with van der Waals surface area (Å²) in [7, 11) is 0. The Morgan fingerprint density at radius 3 is 2.79 bits per heavy atom. The molecule has 2 aliphatic rings. The Kier molecular flexibility index (Phi) is 3.42. The van der Waals surface area contributed by atoms with Crippen LogP contribution >= 0.6 is 0 Å². The highest BCUT2D eigenvalue weighted by atomic mass is 16.3. The zero-order valence-electron chi connectivity index (χ0n) is 12.2. The van der Waals surface area contributed by atoms with E-state index in [0.717, 1.165) is 6.42 Å². The molecule has 3 unspecified atom stereocenters. The van der Waals surface area contributed by atoms with Crippen molar-refractivity contribution in [2.45, 2.75) is 64.4 Å². The van der Waals surface area contributed by atoms with E-state index in [0.29, 0.717) is 17.3 Å². The second-order valence-corrected chi connectivity index (χ2v) is 7.24. The monoisotopic (exact) mass is 258 g/mol. The van der Waals surface area contributed by atoms with Gasteiger partial charge in [-0.15, -0.1) is 0 Å². The van der Waals surface area contributed by atoms with E-state index >= 15 is 0 Å². The third-order valence-electron chi connectivity index (χ3n) is 5.54. The van der Waals surface area contributed by atoms with E-state index in [-0.39, 0.29) is 6.10 Å². The topological polar surface area (TPSA) is 20.2 Å². The third kappa shape index (κ3) is 2.45. The average Bonchev–Trinajstić information content (AvgIpc) is 2.35. The molecule has 1 fully saturated rings. The van der Waals surface area contributed by atoms with Gasteiger partial charge in [-0.05, 0) is 54.1 Å². The highest BCUT2D eigenvalue weighted by molar-refractivity contribution is 5.39. The first-order chi connectivity index (χ1) is 9.08. The second-order valence-electron chi connectivity index (χ2n) is 7.24. The third-order valence-corrected chi connectivity index (χ3v) is 5.54. The van der Waals surface area contributed by atoms with Gasteiger partial charge in [-0.2, -0.15) is 0 Å². The Bertz CT molecular complexity index is 449. The molecular weight excluding hydrogens is 232 g/mol. The SMILES string of the molecule is CC1(C)CCCCC1C(O)CC1Cc2ccccc21. The maximum Gasteiger partial charge on any atom is 0.0579 e. The van der Waals surface area contributed by atoms with E-state index in [2.05, 4.69) is 38.1 Å². The molecule has 1 aromatic carbocycles. The van der Waals surface area contributed by atoms with Gasteiger partial charge in [-0.3, -0.25) is 0 Å². The molecule has 1 aromatic rings. The molecule has 0 heterocycles. The zero-order chi connectivity index (χ0) is 13.5. The van der Waals surface area contributed by atoms with Crippen molar-refractivity contribution >= 4 is 0 Å². The lowest BCUT2D eigenvalue weighted by atomic mass is 9.64. The number of fused-ring (bicyclic) bond motifs is 1. The minimum Gasteiger partial charge on any atom is -0.393 e. The zero-order valence-corrected chi connectivity index (χ0v) is 12.2. The van der Waals surface area contributed by atoms with E-state index in [1.54, 1.807) is 0 Å². The van der Waals surface area contributed by atoms with Crippen LogP contribution in [-0.4, -0.2) is 11.2 Å². The van der Waals surface area contributed by atoms with Crippen molar-refractivity contribution in [1.29, 1.82) is 0 Å². The Morgan fingerprint density at radius 1 is 1.26 bits per heavy atom. The summed E-state index contributed by atoms with van der Waals surface area (Å²) in [6.45, 7) is 4.68. The highest BCUT2D eigenvalue weighted by Gasteiger charge is 2.39. The lowest BCUT2D eigenvalue weighted by Crippen LogP contribution is -2.38. The molecule has 1 saturated carbocycles. The van der Waals surface area contributed by atoms with Gasteiger partial charge in [0, 0.05) is 0 Å². The summed E-state index contributed by atoms with van der Waals surface area (Å²) in [6, 6.07) is 8.71. The molecule has 3 atom stereocenters. The summed E-state index contributed by atoms with van der Waals surface area (Å²) >= 11 is 0. The van der Waals surface area contributed by atoms with Crippen LogP contribution < -0.4 is 0 Å². The van der Waals surface area contributed by atoms with Crippen molar-refractivity contribution in [2.75, 3.05) is 0 Å². The van der Waals surface area contributed by atoms with Crippen LogP contribution in [-0.2, 0) is 6.42 Å². The summed E-state index contributed by atoms with van der Waals surface area (Å²) in [5.74, 6) is 1.10. The number of aliphatic hydroxyl groups excluding tert-OH is 1. The summed E-state index contributed by atoms with van der Waals surface area (Å²) in [6.07, 6.45) is 7.13. The number of hydrogen-bond acceptors (Lipinski definition) is 1. The largest absolute Gasteiger partial charge is 0.393 e. The van der Waals surface area contributed by atoms with E-state index in [4.69, 9.17) is 0 Å². The van der Waals surface area contributed by atoms with E-state index in [1.807, 2.05) is 0 Å². The highest BCUT2D eigenvalue weighted by Crippen LogP contribution is 2.46. The Labute approximate surface area is 117 Å². The van der Waals surface area contributed by atoms with Gasteiger partial charge in [0.05, 0.1) is 6.10 Å². The maximum absolute atomic E-state index is 10.7. The lowest BCUT2D eigenvalue weighted by molar-refractivity contribution is -0.00411. The van der Waals surface area contributed by atoms with Gasteiger partial charge in [-0.1, -0.05) is 51.0 Å². The molecule has 3 rings (SSSR count). The van der Waals surface area contributed by atoms with Crippen molar-refractivity contribution in [1.82, 2.24) is 0 Å². The number of benzene rings is 1. The van der Waals surface area contributed by atoms with Crippen molar-refractivity contribution in [2.24, 2.45) is 11.3 Å². The average molecular weight is 258 g/mol. The van der Waals surface area contributed by atoms with Crippen LogP contribution in [0.4, 0.5) is 0 Å². The van der Waals surface area contributed by atoms with Crippen molar-refractivity contribution in [3.8, 4) is 0 Å². The normalized spacial score (nSPS) is 30.3. The van der Waals surface area contributed by atoms with Gasteiger partial charge in [0.1, 0.15) is 0 Å². The predicted octanol–water partition coefficient (Wildman–Crippen LogP) is 4.29. The summed E-state index contributed by atoms with van der Waals surface area (Å²) < 4.78 is 0. The van der Waals surface area contributed by atoms with Crippen LogP contribution in [0.15, 0.2) is 24.3 Å². The first-order valence-electron chi connectivity index (χ1n) is 7.84. The first-order valence-corrected chi connectivity index (χ1v) is 7.84. The molecule has 19 heavy (non-hydrogen) atoms. The van der Waals surface area contributed by atoms with Gasteiger partial charge < -0.3 is 5.11 Å². The smallest absolute Gasteiger partial charge is 0.0579 e. The van der Waals surface area contributed by atoms with Crippen LogP contribution in [0.5, 0.6) is 0 Å². The van der Waals surface area contributed by atoms with E-state index in [9.17, 15) is 5.11 Å². The maximum atomic E-state index is 10.7. The van der Waals surface area contributed by atoms with E-state index in [1.165, 1.54) is 43.2 Å². The molecule has 104 valence electrons. The van der Waals surface area contributed by atoms with Gasteiger partial charge in [0.25, 0.3) is 0 Å². The number of rotatable bonds is 3. The standard InChI is InChI=1S/C18H26O/c1-18(2)10-6-5-9-16(18)17(19)12-14-11-13-7-3-4-8-15(13)14/h3-4,7-8,14,16-17,19H,5-6,9-12H2,1-2H3. The summed E-state index contributed by atoms with van der Waals surface area (Å²) in [5, 5.41) is 10.7. The molecular formula is C18H26O. The van der Waals surface area contributed by atoms with Crippen LogP contribution in [0.2, 0.25) is 0 Å². The van der Waals surface area contributed by atoms with Crippen LogP contribution in [0.3, 0.4) is 0 Å². The van der Waals surface area contributed by atoms with Gasteiger partial charge in [0.2, 0.25) is 0 Å². The van der Waals surface area contributed by atoms with E-state index < -0.39 is 0 Å². The fraction of sp³-hybridized carbons (Fsp3) is 0.667. The molecule has 1 heteroatoms.